The van der Waals surface area contributed by atoms with E-state index in [9.17, 15) is 9.59 Å². The fraction of sp³-hybridized carbons (Fsp3) is 0.667. The third-order valence-electron chi connectivity index (χ3n) is 2.77. The van der Waals surface area contributed by atoms with Crippen LogP contribution in [0.3, 0.4) is 0 Å². The lowest BCUT2D eigenvalue weighted by molar-refractivity contribution is -0.137. The molecule has 0 aliphatic carbocycles. The zero-order chi connectivity index (χ0) is 13.4. The summed E-state index contributed by atoms with van der Waals surface area (Å²) in [5.41, 5.74) is 0. The maximum atomic E-state index is 11.4. The van der Waals surface area contributed by atoms with Gasteiger partial charge in [-0.2, -0.15) is 0 Å². The summed E-state index contributed by atoms with van der Waals surface area (Å²) >= 11 is 0. The van der Waals surface area contributed by atoms with Crippen LogP contribution >= 0.6 is 0 Å². The van der Waals surface area contributed by atoms with Gasteiger partial charge in [0.1, 0.15) is 6.23 Å². The van der Waals surface area contributed by atoms with E-state index < -0.39 is 12.2 Å². The molecule has 1 aliphatic rings. The molecule has 1 atom stereocenters. The zero-order valence-electron chi connectivity index (χ0n) is 10.3. The van der Waals surface area contributed by atoms with Crippen LogP contribution in [-0.2, 0) is 4.79 Å². The Morgan fingerprint density at radius 3 is 2.61 bits per heavy atom. The van der Waals surface area contributed by atoms with Crippen LogP contribution in [0.25, 0.3) is 0 Å². The fourth-order valence-corrected chi connectivity index (χ4v) is 1.78. The number of rotatable bonds is 8. The molecular formula is C12H20N2O4. The molecular weight excluding hydrogens is 236 g/mol. The van der Waals surface area contributed by atoms with Gasteiger partial charge in [0.2, 0.25) is 0 Å². The fourth-order valence-electron chi connectivity index (χ4n) is 1.78. The molecule has 1 unspecified atom stereocenters. The largest absolute Gasteiger partial charge is 0.481 e. The Labute approximate surface area is 106 Å². The first kappa shape index (κ1) is 14.5. The number of carboxylic acid groups (broad SMARTS) is 1. The average molecular weight is 256 g/mol. The number of hydrogen-bond donors (Lipinski definition) is 3. The molecule has 0 fully saturated rings. The van der Waals surface area contributed by atoms with E-state index in [2.05, 4.69) is 5.32 Å². The molecule has 3 N–H and O–H groups in total. The van der Waals surface area contributed by atoms with Gasteiger partial charge in [-0.15, -0.1) is 0 Å². The van der Waals surface area contributed by atoms with E-state index in [1.807, 2.05) is 0 Å². The number of carbonyl (C=O) groups is 2. The predicted molar refractivity (Wildman–Crippen MR) is 65.7 cm³/mol. The number of hydrogen-bond acceptors (Lipinski definition) is 3. The molecule has 0 aromatic rings. The molecule has 0 aromatic heterocycles. The Kier molecular flexibility index (Phi) is 6.21. The Bertz CT molecular complexity index is 317. The van der Waals surface area contributed by atoms with Gasteiger partial charge in [-0.25, -0.2) is 4.79 Å². The van der Waals surface area contributed by atoms with Crippen molar-refractivity contribution in [3.63, 3.8) is 0 Å². The lowest BCUT2D eigenvalue weighted by Crippen LogP contribution is -2.45. The molecule has 0 radical (unpaired) electrons. The first-order chi connectivity index (χ1) is 8.59. The molecule has 1 rings (SSSR count). The normalized spacial score (nSPS) is 18.8. The maximum Gasteiger partial charge on any atom is 0.323 e. The summed E-state index contributed by atoms with van der Waals surface area (Å²) in [6.45, 7) is 0.619. The molecule has 0 bridgehead atoms. The lowest BCUT2D eigenvalue weighted by Gasteiger charge is -2.24. The van der Waals surface area contributed by atoms with Crippen molar-refractivity contribution < 1.29 is 19.8 Å². The molecule has 18 heavy (non-hydrogen) atoms. The summed E-state index contributed by atoms with van der Waals surface area (Å²) in [6.07, 6.45) is 6.91. The van der Waals surface area contributed by atoms with Crippen molar-refractivity contribution in [2.75, 3.05) is 6.54 Å². The molecule has 2 amide bonds. The van der Waals surface area contributed by atoms with Gasteiger partial charge in [0.05, 0.1) is 0 Å². The highest BCUT2D eigenvalue weighted by molar-refractivity contribution is 5.76. The van der Waals surface area contributed by atoms with Crippen molar-refractivity contribution in [3.8, 4) is 0 Å². The van der Waals surface area contributed by atoms with Crippen LogP contribution in [0.5, 0.6) is 0 Å². The van der Waals surface area contributed by atoms with E-state index in [0.717, 1.165) is 25.7 Å². The van der Waals surface area contributed by atoms with E-state index >= 15 is 0 Å². The smallest absolute Gasteiger partial charge is 0.323 e. The van der Waals surface area contributed by atoms with Crippen molar-refractivity contribution in [1.29, 1.82) is 0 Å². The van der Waals surface area contributed by atoms with Crippen LogP contribution in [0.1, 0.15) is 38.5 Å². The van der Waals surface area contributed by atoms with E-state index in [4.69, 9.17) is 10.2 Å². The van der Waals surface area contributed by atoms with Gasteiger partial charge in [0, 0.05) is 19.2 Å². The summed E-state index contributed by atoms with van der Waals surface area (Å²) in [7, 11) is 0. The van der Waals surface area contributed by atoms with Crippen LogP contribution < -0.4 is 5.32 Å². The monoisotopic (exact) mass is 256 g/mol. The van der Waals surface area contributed by atoms with E-state index in [1.54, 1.807) is 6.20 Å². The van der Waals surface area contributed by atoms with Gasteiger partial charge in [0.15, 0.2) is 0 Å². The topological polar surface area (TPSA) is 89.9 Å². The first-order valence-electron chi connectivity index (χ1n) is 6.25. The molecule has 0 saturated heterocycles. The number of aliphatic hydroxyl groups is 1. The van der Waals surface area contributed by atoms with Crippen LogP contribution in [0.4, 0.5) is 4.79 Å². The molecule has 6 nitrogen and oxygen atoms in total. The minimum Gasteiger partial charge on any atom is -0.481 e. The van der Waals surface area contributed by atoms with Crippen LogP contribution in [-0.4, -0.2) is 39.9 Å². The van der Waals surface area contributed by atoms with Gasteiger partial charge < -0.3 is 20.4 Å². The Balaban J connectivity index is 2.02. The van der Waals surface area contributed by atoms with Crippen LogP contribution in [0, 0.1) is 0 Å². The Morgan fingerprint density at radius 1 is 1.28 bits per heavy atom. The number of aliphatic carboxylic acids is 1. The maximum absolute atomic E-state index is 11.4. The number of nitrogens with one attached hydrogen (secondary N) is 1. The SMILES string of the molecule is O=C(O)CCCCCCCN1C=CC(O)NC1=O. The molecule has 102 valence electrons. The van der Waals surface area contributed by atoms with Gasteiger partial charge in [-0.1, -0.05) is 19.3 Å². The summed E-state index contributed by atoms with van der Waals surface area (Å²) in [5, 5.41) is 20.0. The highest BCUT2D eigenvalue weighted by atomic mass is 16.4. The highest BCUT2D eigenvalue weighted by Crippen LogP contribution is 2.08. The zero-order valence-corrected chi connectivity index (χ0v) is 10.3. The van der Waals surface area contributed by atoms with Gasteiger partial charge in [0.25, 0.3) is 0 Å². The summed E-state index contributed by atoms with van der Waals surface area (Å²) in [5.74, 6) is -0.747. The number of urea groups is 1. The lowest BCUT2D eigenvalue weighted by atomic mass is 10.1. The van der Waals surface area contributed by atoms with E-state index in [1.165, 1.54) is 11.0 Å². The number of unbranched alkanes of at least 4 members (excludes halogenated alkanes) is 4. The third-order valence-corrected chi connectivity index (χ3v) is 2.77. The Hall–Kier alpha value is -1.56. The quantitative estimate of drug-likeness (QED) is 0.570. The van der Waals surface area contributed by atoms with Gasteiger partial charge in [-0.3, -0.25) is 4.79 Å². The van der Waals surface area contributed by atoms with Crippen LogP contribution in [0.15, 0.2) is 12.3 Å². The average Bonchev–Trinajstić information content (AvgIpc) is 2.30. The van der Waals surface area contributed by atoms with Crippen LogP contribution in [0.2, 0.25) is 0 Å². The molecule has 0 spiro atoms. The van der Waals surface area contributed by atoms with Crippen molar-refractivity contribution >= 4 is 12.0 Å². The minimum absolute atomic E-state index is 0.231. The van der Waals surface area contributed by atoms with Gasteiger partial charge in [-0.05, 0) is 18.9 Å². The Morgan fingerprint density at radius 2 is 1.94 bits per heavy atom. The standard InChI is InChI=1S/C12H20N2O4/c15-10-7-9-14(12(18)13-10)8-5-3-1-2-4-6-11(16)17/h7,9-10,15H,1-6,8H2,(H,13,18)(H,16,17). The van der Waals surface area contributed by atoms with Crippen molar-refractivity contribution in [2.45, 2.75) is 44.8 Å². The van der Waals surface area contributed by atoms with Crippen molar-refractivity contribution in [2.24, 2.45) is 0 Å². The summed E-state index contributed by atoms with van der Waals surface area (Å²) in [4.78, 5) is 23.2. The third kappa shape index (κ3) is 5.67. The number of aliphatic hydroxyl groups excluding tert-OH is 1. The predicted octanol–water partition coefficient (Wildman–Crippen LogP) is 1.27. The summed E-state index contributed by atoms with van der Waals surface area (Å²) < 4.78 is 0. The molecule has 1 heterocycles. The number of carbonyl (C=O) groups excluding carboxylic acids is 1. The second-order valence-corrected chi connectivity index (χ2v) is 4.34. The highest BCUT2D eigenvalue weighted by Gasteiger charge is 2.17. The van der Waals surface area contributed by atoms with Crippen molar-refractivity contribution in [3.05, 3.63) is 12.3 Å². The number of amides is 2. The van der Waals surface area contributed by atoms with Crippen molar-refractivity contribution in [1.82, 2.24) is 10.2 Å². The molecule has 6 heteroatoms. The second kappa shape index (κ2) is 7.71. The minimum atomic E-state index is -0.884. The molecule has 0 aromatic carbocycles. The van der Waals surface area contributed by atoms with E-state index in [-0.39, 0.29) is 12.5 Å². The van der Waals surface area contributed by atoms with Gasteiger partial charge >= 0.3 is 12.0 Å². The summed E-state index contributed by atoms with van der Waals surface area (Å²) in [6, 6.07) is -0.282. The first-order valence-corrected chi connectivity index (χ1v) is 6.25. The number of carboxylic acids is 1. The second-order valence-electron chi connectivity index (χ2n) is 4.34. The molecule has 1 aliphatic heterocycles. The molecule has 0 saturated carbocycles. The van der Waals surface area contributed by atoms with E-state index in [0.29, 0.717) is 13.0 Å². The number of nitrogens with zero attached hydrogens (tertiary/aromatic N) is 1.